The molecule has 0 aliphatic carbocycles. The Morgan fingerprint density at radius 1 is 1.37 bits per heavy atom. The fourth-order valence-electron chi connectivity index (χ4n) is 2.04. The van der Waals surface area contributed by atoms with Crippen molar-refractivity contribution in [2.45, 2.75) is 26.4 Å². The Labute approximate surface area is 122 Å². The monoisotopic (exact) mass is 322 g/mol. The molecule has 0 fully saturated rings. The van der Waals surface area contributed by atoms with Crippen LogP contribution in [0.15, 0.2) is 39.4 Å². The highest BCUT2D eigenvalue weighted by molar-refractivity contribution is 9.10. The quantitative estimate of drug-likeness (QED) is 0.924. The molecule has 0 spiro atoms. The van der Waals surface area contributed by atoms with Crippen LogP contribution in [0.4, 0.5) is 5.69 Å². The third-order valence-corrected chi connectivity index (χ3v) is 3.98. The molecule has 0 saturated heterocycles. The lowest BCUT2D eigenvalue weighted by Gasteiger charge is -2.20. The number of benzene rings is 1. The maximum atomic E-state index is 5.91. The van der Waals surface area contributed by atoms with Gasteiger partial charge in [-0.2, -0.15) is 0 Å². The predicted octanol–water partition coefficient (Wildman–Crippen LogP) is 4.01. The van der Waals surface area contributed by atoms with Gasteiger partial charge in [0.05, 0.1) is 6.26 Å². The highest BCUT2D eigenvalue weighted by atomic mass is 79.9. The predicted molar refractivity (Wildman–Crippen MR) is 82.3 cm³/mol. The first-order valence-corrected chi connectivity index (χ1v) is 7.07. The first kappa shape index (κ1) is 14.2. The van der Waals surface area contributed by atoms with Crippen LogP contribution in [0, 0.1) is 6.92 Å². The third-order valence-electron chi connectivity index (χ3n) is 3.29. The van der Waals surface area contributed by atoms with Crippen LogP contribution in [0.5, 0.6) is 0 Å². The van der Waals surface area contributed by atoms with Gasteiger partial charge in [-0.1, -0.05) is 22.0 Å². The largest absolute Gasteiger partial charge is 0.469 e. The molecular formula is C15H19BrN2O. The standard InChI is InChI=1S/C15H19BrN2O/c1-10(17)14-5-4-13(8-15(14)16)18(3)9-12-6-7-19-11(12)2/h4-8,10H,9,17H2,1-3H3. The average molecular weight is 323 g/mol. The van der Waals surface area contributed by atoms with Crippen LogP contribution in [0.25, 0.3) is 0 Å². The van der Waals surface area contributed by atoms with Gasteiger partial charge >= 0.3 is 0 Å². The Bertz CT molecular complexity index is 563. The third kappa shape index (κ3) is 3.19. The Kier molecular flexibility index (Phi) is 4.32. The number of nitrogens with zero attached hydrogens (tertiary/aromatic N) is 1. The molecule has 0 radical (unpaired) electrons. The average Bonchev–Trinajstić information content (AvgIpc) is 2.74. The first-order chi connectivity index (χ1) is 8.99. The molecule has 1 aromatic carbocycles. The van der Waals surface area contributed by atoms with E-state index in [-0.39, 0.29) is 6.04 Å². The van der Waals surface area contributed by atoms with Gasteiger partial charge in [0.25, 0.3) is 0 Å². The van der Waals surface area contributed by atoms with E-state index in [9.17, 15) is 0 Å². The summed E-state index contributed by atoms with van der Waals surface area (Å²) in [5.41, 5.74) is 9.39. The SMILES string of the molecule is Cc1occc1CN(C)c1ccc(C(C)N)c(Br)c1. The molecule has 3 nitrogen and oxygen atoms in total. The highest BCUT2D eigenvalue weighted by Gasteiger charge is 2.10. The minimum atomic E-state index is 0.0323. The molecule has 2 N–H and O–H groups in total. The van der Waals surface area contributed by atoms with E-state index in [0.29, 0.717) is 0 Å². The summed E-state index contributed by atoms with van der Waals surface area (Å²) in [5.74, 6) is 0.970. The fourth-order valence-corrected chi connectivity index (χ4v) is 2.77. The number of hydrogen-bond donors (Lipinski definition) is 1. The summed E-state index contributed by atoms with van der Waals surface area (Å²) in [7, 11) is 2.07. The lowest BCUT2D eigenvalue weighted by Crippen LogP contribution is -2.17. The first-order valence-electron chi connectivity index (χ1n) is 6.28. The minimum Gasteiger partial charge on any atom is -0.469 e. The van der Waals surface area contributed by atoms with Crippen molar-refractivity contribution in [1.82, 2.24) is 0 Å². The molecule has 0 aliphatic rings. The molecule has 1 aromatic heterocycles. The Morgan fingerprint density at radius 3 is 2.63 bits per heavy atom. The number of aryl methyl sites for hydroxylation is 1. The smallest absolute Gasteiger partial charge is 0.105 e. The molecule has 1 heterocycles. The zero-order valence-electron chi connectivity index (χ0n) is 11.5. The Balaban J connectivity index is 2.18. The van der Waals surface area contributed by atoms with Crippen molar-refractivity contribution in [2.75, 3.05) is 11.9 Å². The number of nitrogens with two attached hydrogens (primary N) is 1. The van der Waals surface area contributed by atoms with Gasteiger partial charge in [-0.25, -0.2) is 0 Å². The van der Waals surface area contributed by atoms with Gasteiger partial charge in [-0.15, -0.1) is 0 Å². The maximum absolute atomic E-state index is 5.91. The molecule has 1 unspecified atom stereocenters. The van der Waals surface area contributed by atoms with Gasteiger partial charge in [0, 0.05) is 35.4 Å². The van der Waals surface area contributed by atoms with Gasteiger partial charge in [0.15, 0.2) is 0 Å². The van der Waals surface area contributed by atoms with Crippen LogP contribution < -0.4 is 10.6 Å². The van der Waals surface area contributed by atoms with E-state index in [0.717, 1.165) is 28.0 Å². The van der Waals surface area contributed by atoms with Crippen LogP contribution in [0.2, 0.25) is 0 Å². The van der Waals surface area contributed by atoms with Crippen molar-refractivity contribution in [3.63, 3.8) is 0 Å². The lowest BCUT2D eigenvalue weighted by atomic mass is 10.1. The molecule has 19 heavy (non-hydrogen) atoms. The van der Waals surface area contributed by atoms with E-state index in [1.54, 1.807) is 6.26 Å². The number of halogens is 1. The molecule has 102 valence electrons. The summed E-state index contributed by atoms with van der Waals surface area (Å²) in [6, 6.07) is 8.32. The maximum Gasteiger partial charge on any atom is 0.105 e. The minimum absolute atomic E-state index is 0.0323. The van der Waals surface area contributed by atoms with Crippen LogP contribution in [-0.2, 0) is 6.54 Å². The van der Waals surface area contributed by atoms with Crippen molar-refractivity contribution < 1.29 is 4.42 Å². The second-order valence-electron chi connectivity index (χ2n) is 4.85. The van der Waals surface area contributed by atoms with Gasteiger partial charge in [-0.05, 0) is 37.6 Å². The molecule has 0 saturated carbocycles. The van der Waals surface area contributed by atoms with E-state index in [1.807, 2.05) is 19.9 Å². The zero-order chi connectivity index (χ0) is 14.0. The Morgan fingerprint density at radius 2 is 2.11 bits per heavy atom. The molecule has 2 rings (SSSR count). The van der Waals surface area contributed by atoms with Gasteiger partial charge in [0.1, 0.15) is 5.76 Å². The fraction of sp³-hybridized carbons (Fsp3) is 0.333. The summed E-state index contributed by atoms with van der Waals surface area (Å²) < 4.78 is 6.37. The zero-order valence-corrected chi connectivity index (χ0v) is 13.1. The summed E-state index contributed by atoms with van der Waals surface area (Å²) in [4.78, 5) is 2.19. The van der Waals surface area contributed by atoms with Crippen LogP contribution >= 0.6 is 15.9 Å². The van der Waals surface area contributed by atoms with E-state index >= 15 is 0 Å². The normalized spacial score (nSPS) is 12.5. The summed E-state index contributed by atoms with van der Waals surface area (Å²) in [6.07, 6.45) is 1.73. The van der Waals surface area contributed by atoms with E-state index in [4.69, 9.17) is 10.2 Å². The summed E-state index contributed by atoms with van der Waals surface area (Å²) >= 11 is 3.58. The second kappa shape index (κ2) is 5.80. The number of anilines is 1. The molecule has 0 amide bonds. The molecule has 4 heteroatoms. The Hall–Kier alpha value is -1.26. The summed E-state index contributed by atoms with van der Waals surface area (Å²) in [6.45, 7) is 4.79. The topological polar surface area (TPSA) is 42.4 Å². The summed E-state index contributed by atoms with van der Waals surface area (Å²) in [5, 5.41) is 0. The number of rotatable bonds is 4. The van der Waals surface area contributed by atoms with Crippen LogP contribution in [0.1, 0.15) is 29.9 Å². The van der Waals surface area contributed by atoms with Gasteiger partial charge in [-0.3, -0.25) is 0 Å². The molecule has 0 aliphatic heterocycles. The number of hydrogen-bond acceptors (Lipinski definition) is 3. The van der Waals surface area contributed by atoms with Crippen LogP contribution in [-0.4, -0.2) is 7.05 Å². The molecule has 2 aromatic rings. The number of furan rings is 1. The van der Waals surface area contributed by atoms with Crippen molar-refractivity contribution in [3.05, 3.63) is 51.9 Å². The van der Waals surface area contributed by atoms with E-state index in [1.165, 1.54) is 5.56 Å². The van der Waals surface area contributed by atoms with Crippen molar-refractivity contribution in [2.24, 2.45) is 5.73 Å². The van der Waals surface area contributed by atoms with Crippen molar-refractivity contribution >= 4 is 21.6 Å². The lowest BCUT2D eigenvalue weighted by molar-refractivity contribution is 0.529. The van der Waals surface area contributed by atoms with Gasteiger partial charge < -0.3 is 15.1 Å². The van der Waals surface area contributed by atoms with Crippen LogP contribution in [0.3, 0.4) is 0 Å². The molecular weight excluding hydrogens is 304 g/mol. The molecule has 0 bridgehead atoms. The van der Waals surface area contributed by atoms with E-state index < -0.39 is 0 Å². The highest BCUT2D eigenvalue weighted by Crippen LogP contribution is 2.28. The second-order valence-corrected chi connectivity index (χ2v) is 5.71. The van der Waals surface area contributed by atoms with E-state index in [2.05, 4.69) is 46.1 Å². The van der Waals surface area contributed by atoms with Crippen molar-refractivity contribution in [3.8, 4) is 0 Å². The van der Waals surface area contributed by atoms with Crippen molar-refractivity contribution in [1.29, 1.82) is 0 Å². The molecule has 1 atom stereocenters. The van der Waals surface area contributed by atoms with Gasteiger partial charge in [0.2, 0.25) is 0 Å².